The molecular formula is C21H26N6O4S. The molecule has 32 heavy (non-hydrogen) atoms. The molecule has 2 aliphatic carbocycles. The smallest absolute Gasteiger partial charge is 0.251 e. The Morgan fingerprint density at radius 2 is 1.94 bits per heavy atom. The van der Waals surface area contributed by atoms with Gasteiger partial charge in [-0.1, -0.05) is 42.5 Å². The molecule has 0 bridgehead atoms. The number of sulfone groups is 1. The fourth-order valence-corrected chi connectivity index (χ4v) is 5.61. The van der Waals surface area contributed by atoms with Gasteiger partial charge in [0, 0.05) is 12.0 Å². The topological polar surface area (TPSA) is 143 Å². The summed E-state index contributed by atoms with van der Waals surface area (Å²) < 4.78 is 27.0. The quantitative estimate of drug-likeness (QED) is 0.448. The molecule has 3 aromatic rings. The highest BCUT2D eigenvalue weighted by Gasteiger charge is 2.40. The van der Waals surface area contributed by atoms with E-state index >= 15 is 0 Å². The second-order valence-corrected chi connectivity index (χ2v) is 10.6. The van der Waals surface area contributed by atoms with Crippen molar-refractivity contribution in [2.75, 3.05) is 11.1 Å². The Morgan fingerprint density at radius 3 is 2.62 bits per heavy atom. The van der Waals surface area contributed by atoms with Crippen LogP contribution >= 0.6 is 0 Å². The summed E-state index contributed by atoms with van der Waals surface area (Å²) in [5.41, 5.74) is 1.81. The Balaban J connectivity index is 1.54. The molecule has 10 nitrogen and oxygen atoms in total. The molecule has 2 saturated carbocycles. The van der Waals surface area contributed by atoms with Gasteiger partial charge in [0.2, 0.25) is 9.84 Å². The van der Waals surface area contributed by atoms with E-state index in [9.17, 15) is 18.6 Å². The molecule has 11 heteroatoms. The normalized spacial score (nSPS) is 27.7. The van der Waals surface area contributed by atoms with Crippen molar-refractivity contribution < 1.29 is 18.6 Å². The van der Waals surface area contributed by atoms with Crippen molar-refractivity contribution in [3.05, 3.63) is 35.9 Å². The average Bonchev–Trinajstić information content (AvgIpc) is 3.29. The summed E-state index contributed by atoms with van der Waals surface area (Å²) in [6.45, 7) is 1.78. The molecule has 2 aromatic heterocycles. The van der Waals surface area contributed by atoms with Crippen LogP contribution in [0.15, 0.2) is 35.5 Å². The minimum Gasteiger partial charge on any atom is -0.390 e. The first-order valence-electron chi connectivity index (χ1n) is 10.9. The number of aromatic nitrogens is 5. The third-order valence-electron chi connectivity index (χ3n) is 6.26. The van der Waals surface area contributed by atoms with E-state index in [1.165, 1.54) is 10.2 Å². The third-order valence-corrected chi connectivity index (χ3v) is 7.94. The molecule has 0 aliphatic heterocycles. The van der Waals surface area contributed by atoms with Gasteiger partial charge in [0.05, 0.1) is 17.9 Å². The largest absolute Gasteiger partial charge is 0.390 e. The Bertz CT molecular complexity index is 1230. The van der Waals surface area contributed by atoms with Gasteiger partial charge >= 0.3 is 0 Å². The number of hydrogen-bond acceptors (Lipinski definition) is 9. The molecule has 0 radical (unpaired) electrons. The van der Waals surface area contributed by atoms with E-state index in [1.807, 2.05) is 18.2 Å². The number of nitrogens with zero attached hydrogens (tertiary/aromatic N) is 5. The van der Waals surface area contributed by atoms with Crippen molar-refractivity contribution in [2.45, 2.75) is 68.0 Å². The first kappa shape index (κ1) is 21.2. The number of anilines is 1. The lowest BCUT2D eigenvalue weighted by Gasteiger charge is -2.17. The van der Waals surface area contributed by atoms with E-state index < -0.39 is 28.1 Å². The van der Waals surface area contributed by atoms with E-state index in [-0.39, 0.29) is 22.6 Å². The standard InChI is InChI=1S/C21H26N6O4S/c1-2-10-32(30,31)21-23-19(22-14-11-13(14)12-6-4-3-5-7-12)17-20(24-21)27(26-25-17)15-8-9-16(28)18(15)29/h3-7,13-16,18,28-29H,2,8-11H2,1H3,(H,22,23,24). The maximum atomic E-state index is 12.8. The molecule has 2 heterocycles. The van der Waals surface area contributed by atoms with Crippen LogP contribution in [-0.4, -0.2) is 67.6 Å². The first-order valence-corrected chi connectivity index (χ1v) is 12.6. The average molecular weight is 459 g/mol. The van der Waals surface area contributed by atoms with Crippen molar-refractivity contribution in [3.8, 4) is 0 Å². The second-order valence-electron chi connectivity index (χ2n) is 8.59. The minimum absolute atomic E-state index is 0.0691. The fourth-order valence-electron chi connectivity index (χ4n) is 4.44. The molecule has 2 fully saturated rings. The molecule has 2 aliphatic rings. The molecule has 0 saturated heterocycles. The Hall–Kier alpha value is -2.63. The predicted molar refractivity (Wildman–Crippen MR) is 117 cm³/mol. The molecule has 5 rings (SSSR count). The number of fused-ring (bicyclic) bond motifs is 1. The second kappa shape index (κ2) is 8.05. The highest BCUT2D eigenvalue weighted by Crippen LogP contribution is 2.43. The molecule has 170 valence electrons. The number of hydrogen-bond donors (Lipinski definition) is 3. The molecule has 5 atom stereocenters. The number of rotatable bonds is 7. The maximum Gasteiger partial charge on any atom is 0.251 e. The van der Waals surface area contributed by atoms with Gasteiger partial charge in [-0.15, -0.1) is 5.10 Å². The highest BCUT2D eigenvalue weighted by atomic mass is 32.2. The lowest BCUT2D eigenvalue weighted by atomic mass is 10.1. The van der Waals surface area contributed by atoms with Crippen molar-refractivity contribution in [1.29, 1.82) is 0 Å². The van der Waals surface area contributed by atoms with Gasteiger partial charge in [-0.25, -0.2) is 13.1 Å². The van der Waals surface area contributed by atoms with Crippen molar-refractivity contribution in [1.82, 2.24) is 25.0 Å². The van der Waals surface area contributed by atoms with Crippen molar-refractivity contribution in [2.24, 2.45) is 0 Å². The Morgan fingerprint density at radius 1 is 1.16 bits per heavy atom. The van der Waals surface area contributed by atoms with Crippen LogP contribution in [0.5, 0.6) is 0 Å². The van der Waals surface area contributed by atoms with Gasteiger partial charge in [0.15, 0.2) is 17.0 Å². The van der Waals surface area contributed by atoms with Crippen LogP contribution in [0.1, 0.15) is 50.1 Å². The van der Waals surface area contributed by atoms with Gasteiger partial charge in [0.1, 0.15) is 6.10 Å². The van der Waals surface area contributed by atoms with Gasteiger partial charge in [-0.3, -0.25) is 0 Å². The molecule has 0 spiro atoms. The fraction of sp³-hybridized carbons (Fsp3) is 0.524. The van der Waals surface area contributed by atoms with Crippen molar-refractivity contribution >= 4 is 26.8 Å². The molecule has 0 amide bonds. The zero-order chi connectivity index (χ0) is 22.5. The Labute approximate surface area is 185 Å². The summed E-state index contributed by atoms with van der Waals surface area (Å²) >= 11 is 0. The summed E-state index contributed by atoms with van der Waals surface area (Å²) in [6, 6.07) is 9.68. The van der Waals surface area contributed by atoms with Gasteiger partial charge < -0.3 is 15.5 Å². The number of aliphatic hydroxyl groups excluding tert-OH is 2. The van der Waals surface area contributed by atoms with Crippen LogP contribution in [0.4, 0.5) is 5.82 Å². The van der Waals surface area contributed by atoms with Crippen LogP contribution in [0.25, 0.3) is 11.2 Å². The van der Waals surface area contributed by atoms with E-state index in [1.54, 1.807) is 6.92 Å². The number of benzene rings is 1. The highest BCUT2D eigenvalue weighted by molar-refractivity contribution is 7.91. The molecular weight excluding hydrogens is 432 g/mol. The van der Waals surface area contributed by atoms with Gasteiger partial charge in [0.25, 0.3) is 5.16 Å². The van der Waals surface area contributed by atoms with E-state index in [4.69, 9.17) is 0 Å². The monoisotopic (exact) mass is 458 g/mol. The summed E-state index contributed by atoms with van der Waals surface area (Å²) in [5, 5.41) is 31.8. The summed E-state index contributed by atoms with van der Waals surface area (Å²) in [7, 11) is -3.69. The number of aliphatic hydroxyl groups is 2. The minimum atomic E-state index is -3.69. The van der Waals surface area contributed by atoms with Gasteiger partial charge in [-0.2, -0.15) is 9.97 Å². The SMILES string of the molecule is CCCS(=O)(=O)c1nc(NC2CC2c2ccccc2)c2nnn(C3CCC(O)C3O)c2n1. The zero-order valence-corrected chi connectivity index (χ0v) is 18.5. The summed E-state index contributed by atoms with van der Waals surface area (Å²) in [5.74, 6) is 0.562. The molecule has 1 aromatic carbocycles. The Kier molecular flexibility index (Phi) is 5.34. The summed E-state index contributed by atoms with van der Waals surface area (Å²) in [4.78, 5) is 8.64. The third kappa shape index (κ3) is 3.74. The molecule has 3 N–H and O–H groups in total. The maximum absolute atomic E-state index is 12.8. The van der Waals surface area contributed by atoms with Crippen LogP contribution in [0.3, 0.4) is 0 Å². The van der Waals surface area contributed by atoms with E-state index in [0.717, 1.165) is 6.42 Å². The van der Waals surface area contributed by atoms with E-state index in [0.29, 0.717) is 36.5 Å². The van der Waals surface area contributed by atoms with Crippen LogP contribution in [0.2, 0.25) is 0 Å². The predicted octanol–water partition coefficient (Wildman–Crippen LogP) is 1.43. The van der Waals surface area contributed by atoms with Crippen LogP contribution in [0, 0.1) is 0 Å². The summed E-state index contributed by atoms with van der Waals surface area (Å²) in [6.07, 6.45) is 0.367. The molecule has 5 unspecified atom stereocenters. The van der Waals surface area contributed by atoms with Crippen LogP contribution < -0.4 is 5.32 Å². The lowest BCUT2D eigenvalue weighted by molar-refractivity contribution is 0.0215. The zero-order valence-electron chi connectivity index (χ0n) is 17.7. The number of nitrogens with one attached hydrogen (secondary N) is 1. The first-order chi connectivity index (χ1) is 15.4. The lowest BCUT2D eigenvalue weighted by Crippen LogP contribution is -2.28. The van der Waals surface area contributed by atoms with Gasteiger partial charge in [-0.05, 0) is 31.2 Å². The van der Waals surface area contributed by atoms with Crippen LogP contribution in [-0.2, 0) is 9.84 Å². The van der Waals surface area contributed by atoms with Crippen molar-refractivity contribution in [3.63, 3.8) is 0 Å². The van der Waals surface area contributed by atoms with E-state index in [2.05, 4.69) is 37.7 Å².